The highest BCUT2D eigenvalue weighted by Gasteiger charge is 2.16. The predicted molar refractivity (Wildman–Crippen MR) is 118 cm³/mol. The van der Waals surface area contributed by atoms with E-state index in [2.05, 4.69) is 22.0 Å². The number of morpholine rings is 1. The fourth-order valence-corrected chi connectivity index (χ4v) is 4.01. The van der Waals surface area contributed by atoms with Crippen molar-refractivity contribution in [3.05, 3.63) is 59.7 Å². The Hall–Kier alpha value is -3.42. The second-order valence-electron chi connectivity index (χ2n) is 7.66. The van der Waals surface area contributed by atoms with Crippen LogP contribution in [0.3, 0.4) is 0 Å². The molecule has 152 valence electrons. The Morgan fingerprint density at radius 2 is 1.87 bits per heavy atom. The van der Waals surface area contributed by atoms with Gasteiger partial charge >= 0.3 is 0 Å². The number of primary amides is 1. The number of nitrogen functional groups attached to an aromatic ring is 1. The number of aromatic nitrogens is 2. The van der Waals surface area contributed by atoms with E-state index in [0.29, 0.717) is 28.0 Å². The minimum absolute atomic E-state index is 0.419. The first-order chi connectivity index (χ1) is 14.6. The van der Waals surface area contributed by atoms with Crippen molar-refractivity contribution < 1.29 is 9.53 Å². The number of hydrogen-bond donors (Lipinski definition) is 3. The van der Waals surface area contributed by atoms with Crippen LogP contribution in [0.15, 0.2) is 48.5 Å². The zero-order valence-corrected chi connectivity index (χ0v) is 16.5. The van der Waals surface area contributed by atoms with Gasteiger partial charge in [0.1, 0.15) is 0 Å². The number of rotatable bonds is 4. The highest BCUT2D eigenvalue weighted by molar-refractivity contribution is 6.14. The molecular formula is C23H23N5O2. The zero-order chi connectivity index (χ0) is 20.7. The second-order valence-corrected chi connectivity index (χ2v) is 7.66. The third-order valence-electron chi connectivity index (χ3n) is 5.60. The summed E-state index contributed by atoms with van der Waals surface area (Å²) < 4.78 is 5.41. The Morgan fingerprint density at radius 3 is 2.60 bits per heavy atom. The van der Waals surface area contributed by atoms with Crippen molar-refractivity contribution in [2.75, 3.05) is 32.0 Å². The lowest BCUT2D eigenvalue weighted by Crippen LogP contribution is -2.35. The van der Waals surface area contributed by atoms with E-state index in [1.54, 1.807) is 6.07 Å². The number of fused-ring (bicyclic) bond motifs is 3. The van der Waals surface area contributed by atoms with Gasteiger partial charge in [0.15, 0.2) is 0 Å². The maximum Gasteiger partial charge on any atom is 0.250 e. The monoisotopic (exact) mass is 401 g/mol. The number of hydrogen-bond acceptors (Lipinski definition) is 5. The summed E-state index contributed by atoms with van der Waals surface area (Å²) in [5.74, 6) is -0.493. The quantitative estimate of drug-likeness (QED) is 0.456. The molecule has 0 aliphatic carbocycles. The molecule has 1 saturated heterocycles. The molecule has 2 aromatic carbocycles. The van der Waals surface area contributed by atoms with Crippen LogP contribution >= 0.6 is 0 Å². The second kappa shape index (κ2) is 7.44. The third kappa shape index (κ3) is 3.38. The number of H-pyrrole nitrogens is 1. The van der Waals surface area contributed by atoms with Gasteiger partial charge in [-0.2, -0.15) is 0 Å². The van der Waals surface area contributed by atoms with Crippen molar-refractivity contribution in [2.45, 2.75) is 6.54 Å². The molecule has 0 saturated carbocycles. The lowest BCUT2D eigenvalue weighted by atomic mass is 10.0. The number of ether oxygens (including phenoxy) is 1. The molecule has 1 aliphatic rings. The number of pyridine rings is 1. The molecule has 0 unspecified atom stereocenters. The molecule has 1 aliphatic heterocycles. The predicted octanol–water partition coefficient (Wildman–Crippen LogP) is 2.90. The summed E-state index contributed by atoms with van der Waals surface area (Å²) in [6.07, 6.45) is 0. The number of nitrogens with zero attached hydrogens (tertiary/aromatic N) is 2. The maximum atomic E-state index is 12.2. The summed E-state index contributed by atoms with van der Waals surface area (Å²) >= 11 is 0. The van der Waals surface area contributed by atoms with Gasteiger partial charge in [0, 0.05) is 36.3 Å². The first-order valence-corrected chi connectivity index (χ1v) is 10.00. The molecule has 1 fully saturated rings. The molecule has 0 atom stereocenters. The summed E-state index contributed by atoms with van der Waals surface area (Å²) in [7, 11) is 0. The van der Waals surface area contributed by atoms with Crippen molar-refractivity contribution in [1.82, 2.24) is 14.9 Å². The van der Waals surface area contributed by atoms with E-state index < -0.39 is 5.91 Å². The molecule has 0 spiro atoms. The van der Waals surface area contributed by atoms with Gasteiger partial charge in [0.2, 0.25) is 0 Å². The Morgan fingerprint density at radius 1 is 1.10 bits per heavy atom. The number of nitrogens with two attached hydrogens (primary N) is 2. The van der Waals surface area contributed by atoms with Crippen molar-refractivity contribution in [1.29, 1.82) is 0 Å². The molecule has 4 aromatic rings. The highest BCUT2D eigenvalue weighted by Crippen LogP contribution is 2.31. The zero-order valence-electron chi connectivity index (χ0n) is 16.5. The number of anilines is 1. The van der Waals surface area contributed by atoms with Crippen LogP contribution in [0.1, 0.15) is 15.9 Å². The van der Waals surface area contributed by atoms with E-state index >= 15 is 0 Å². The lowest BCUT2D eigenvalue weighted by Gasteiger charge is -2.26. The normalized spacial score (nSPS) is 15.1. The average molecular weight is 401 g/mol. The number of benzene rings is 2. The van der Waals surface area contributed by atoms with Crippen LogP contribution in [0.25, 0.3) is 33.2 Å². The number of carbonyl (C=O) groups is 1. The van der Waals surface area contributed by atoms with E-state index in [-0.39, 0.29) is 0 Å². The third-order valence-corrected chi connectivity index (χ3v) is 5.60. The summed E-state index contributed by atoms with van der Waals surface area (Å²) in [4.78, 5) is 22.6. The Labute approximate surface area is 173 Å². The smallest absolute Gasteiger partial charge is 0.250 e. The SMILES string of the molecule is NC(=O)c1cc(-c2ccc(CN3CCOCC3)cc2)nc2c1[nH]c1cc(N)ccc12. The standard InChI is InChI=1S/C23H23N5O2/c24-16-5-6-17-20(11-16)27-22-18(23(25)29)12-19(26-21(17)22)15-3-1-14(2-4-15)13-28-7-9-30-10-8-28/h1-6,11-12,27H,7-10,13,24H2,(H2,25,29). The number of amides is 1. The van der Waals surface area contributed by atoms with E-state index in [9.17, 15) is 4.79 Å². The number of aromatic amines is 1. The summed E-state index contributed by atoms with van der Waals surface area (Å²) in [5.41, 5.74) is 17.7. The Kier molecular flexibility index (Phi) is 4.61. The van der Waals surface area contributed by atoms with Gasteiger partial charge in [-0.25, -0.2) is 4.98 Å². The first-order valence-electron chi connectivity index (χ1n) is 10.00. The van der Waals surface area contributed by atoms with Gasteiger partial charge < -0.3 is 21.2 Å². The molecule has 7 heteroatoms. The van der Waals surface area contributed by atoms with Crippen LogP contribution in [-0.4, -0.2) is 47.1 Å². The van der Waals surface area contributed by atoms with Crippen LogP contribution in [0.4, 0.5) is 5.69 Å². The average Bonchev–Trinajstić information content (AvgIpc) is 3.11. The van der Waals surface area contributed by atoms with Gasteiger partial charge in [0.05, 0.1) is 41.0 Å². The van der Waals surface area contributed by atoms with E-state index in [1.807, 2.05) is 30.3 Å². The highest BCUT2D eigenvalue weighted by atomic mass is 16.5. The van der Waals surface area contributed by atoms with Crippen LogP contribution in [0, 0.1) is 0 Å². The molecule has 5 N–H and O–H groups in total. The summed E-state index contributed by atoms with van der Waals surface area (Å²) in [6, 6.07) is 15.6. The van der Waals surface area contributed by atoms with Gasteiger partial charge in [-0.15, -0.1) is 0 Å². The van der Waals surface area contributed by atoms with E-state index in [4.69, 9.17) is 21.2 Å². The van der Waals surface area contributed by atoms with Crippen LogP contribution in [0.5, 0.6) is 0 Å². The molecule has 5 rings (SSSR count). The molecule has 0 radical (unpaired) electrons. The van der Waals surface area contributed by atoms with Gasteiger partial charge in [-0.1, -0.05) is 24.3 Å². The van der Waals surface area contributed by atoms with Crippen molar-refractivity contribution in [2.24, 2.45) is 5.73 Å². The molecule has 0 bridgehead atoms. The molecule has 3 heterocycles. The molecule has 30 heavy (non-hydrogen) atoms. The van der Waals surface area contributed by atoms with Gasteiger partial charge in [0.25, 0.3) is 5.91 Å². The largest absolute Gasteiger partial charge is 0.399 e. The molecular weight excluding hydrogens is 378 g/mol. The van der Waals surface area contributed by atoms with Gasteiger partial charge in [-0.3, -0.25) is 9.69 Å². The van der Waals surface area contributed by atoms with Crippen molar-refractivity contribution >= 4 is 33.5 Å². The van der Waals surface area contributed by atoms with Gasteiger partial charge in [-0.05, 0) is 29.8 Å². The molecule has 1 amide bonds. The minimum atomic E-state index is -0.493. The van der Waals surface area contributed by atoms with Crippen molar-refractivity contribution in [3.63, 3.8) is 0 Å². The fourth-order valence-electron chi connectivity index (χ4n) is 4.01. The molecule has 2 aromatic heterocycles. The van der Waals surface area contributed by atoms with E-state index in [0.717, 1.165) is 49.3 Å². The minimum Gasteiger partial charge on any atom is -0.399 e. The summed E-state index contributed by atoms with van der Waals surface area (Å²) in [5, 5.41) is 0.910. The van der Waals surface area contributed by atoms with E-state index in [1.165, 1.54) is 5.56 Å². The van der Waals surface area contributed by atoms with Crippen molar-refractivity contribution in [3.8, 4) is 11.3 Å². The first kappa shape index (κ1) is 18.6. The lowest BCUT2D eigenvalue weighted by molar-refractivity contribution is 0.0342. The van der Waals surface area contributed by atoms with Crippen LogP contribution in [0.2, 0.25) is 0 Å². The topological polar surface area (TPSA) is 110 Å². The van der Waals surface area contributed by atoms with Crippen LogP contribution in [-0.2, 0) is 11.3 Å². The number of carbonyl (C=O) groups excluding carboxylic acids is 1. The summed E-state index contributed by atoms with van der Waals surface area (Å²) in [6.45, 7) is 4.37. The number of nitrogens with one attached hydrogen (secondary N) is 1. The Bertz CT molecular complexity index is 1240. The maximum absolute atomic E-state index is 12.2. The van der Waals surface area contributed by atoms with Crippen LogP contribution < -0.4 is 11.5 Å². The molecule has 7 nitrogen and oxygen atoms in total. The fraction of sp³-hybridized carbons (Fsp3) is 0.217. The Balaban J connectivity index is 1.54.